The van der Waals surface area contributed by atoms with Gasteiger partial charge in [0.05, 0.1) is 0 Å². The zero-order valence-corrected chi connectivity index (χ0v) is 6.52. The minimum Gasteiger partial charge on any atom is -0.299 e. The van der Waals surface area contributed by atoms with E-state index in [4.69, 9.17) is 0 Å². The Morgan fingerprint density at radius 3 is 2.70 bits per heavy atom. The Hall–Kier alpha value is -0.590. The summed E-state index contributed by atoms with van der Waals surface area (Å²) < 4.78 is 0. The van der Waals surface area contributed by atoms with Crippen molar-refractivity contribution in [3.8, 4) is 0 Å². The first-order chi connectivity index (χ1) is 4.72. The van der Waals surface area contributed by atoms with E-state index in [0.717, 1.165) is 31.3 Å². The van der Waals surface area contributed by atoms with Crippen molar-refractivity contribution in [2.24, 2.45) is 5.92 Å². The Morgan fingerprint density at radius 2 is 2.00 bits per heavy atom. The highest BCUT2D eigenvalue weighted by atomic mass is 16.1. The molecule has 0 bridgehead atoms. The lowest BCUT2D eigenvalue weighted by atomic mass is 9.97. The highest BCUT2D eigenvalue weighted by Crippen LogP contribution is 2.23. The molecule has 0 heterocycles. The van der Waals surface area contributed by atoms with E-state index < -0.39 is 0 Å². The normalized spacial score (nSPS) is 28.3. The molecule has 0 aromatic rings. The van der Waals surface area contributed by atoms with Gasteiger partial charge >= 0.3 is 0 Å². The molecule has 1 aliphatic rings. The van der Waals surface area contributed by atoms with E-state index in [1.807, 2.05) is 6.92 Å². The standard InChI is InChI=1S/C9H14O/c1-7-5-3-4-6-9(10)8(7)2/h8H,1,3-6H2,2H3. The molecule has 1 atom stereocenters. The Morgan fingerprint density at radius 1 is 1.40 bits per heavy atom. The van der Waals surface area contributed by atoms with Gasteiger partial charge in [-0.2, -0.15) is 0 Å². The first-order valence-electron chi connectivity index (χ1n) is 3.92. The van der Waals surface area contributed by atoms with Crippen LogP contribution < -0.4 is 0 Å². The molecule has 1 fully saturated rings. The topological polar surface area (TPSA) is 17.1 Å². The maximum absolute atomic E-state index is 11.2. The van der Waals surface area contributed by atoms with Crippen molar-refractivity contribution < 1.29 is 4.79 Å². The second-order valence-electron chi connectivity index (χ2n) is 3.05. The molecule has 0 aliphatic heterocycles. The van der Waals surface area contributed by atoms with Gasteiger partial charge in [-0.1, -0.05) is 19.1 Å². The summed E-state index contributed by atoms with van der Waals surface area (Å²) in [7, 11) is 0. The van der Waals surface area contributed by atoms with Crippen molar-refractivity contribution in [2.45, 2.75) is 32.6 Å². The van der Waals surface area contributed by atoms with Gasteiger partial charge in [-0.05, 0) is 19.3 Å². The van der Waals surface area contributed by atoms with Gasteiger partial charge in [0.25, 0.3) is 0 Å². The lowest BCUT2D eigenvalue weighted by molar-refractivity contribution is -0.121. The lowest BCUT2D eigenvalue weighted by Gasteiger charge is -2.07. The summed E-state index contributed by atoms with van der Waals surface area (Å²) in [4.78, 5) is 11.2. The monoisotopic (exact) mass is 138 g/mol. The zero-order valence-electron chi connectivity index (χ0n) is 6.52. The minimum absolute atomic E-state index is 0.127. The molecule has 10 heavy (non-hydrogen) atoms. The van der Waals surface area contributed by atoms with Crippen molar-refractivity contribution in [3.63, 3.8) is 0 Å². The first-order valence-corrected chi connectivity index (χ1v) is 3.92. The highest BCUT2D eigenvalue weighted by molar-refractivity contribution is 5.83. The van der Waals surface area contributed by atoms with Gasteiger partial charge < -0.3 is 0 Å². The molecule has 0 spiro atoms. The molecule has 0 saturated heterocycles. The zero-order chi connectivity index (χ0) is 7.56. The predicted molar refractivity (Wildman–Crippen MR) is 41.8 cm³/mol. The van der Waals surface area contributed by atoms with Crippen LogP contribution in [0.15, 0.2) is 12.2 Å². The third-order valence-electron chi connectivity index (χ3n) is 2.27. The van der Waals surface area contributed by atoms with Crippen molar-refractivity contribution in [1.29, 1.82) is 0 Å². The second-order valence-corrected chi connectivity index (χ2v) is 3.05. The van der Waals surface area contributed by atoms with Crippen molar-refractivity contribution in [2.75, 3.05) is 0 Å². The molecule has 1 nitrogen and oxygen atoms in total. The van der Waals surface area contributed by atoms with Crippen LogP contribution in [0.25, 0.3) is 0 Å². The number of Topliss-reactive ketones (excluding diaryl/α,β-unsaturated/α-hetero) is 1. The fraction of sp³-hybridized carbons (Fsp3) is 0.667. The molecule has 1 saturated carbocycles. The fourth-order valence-corrected chi connectivity index (χ4v) is 1.31. The number of ketones is 1. The van der Waals surface area contributed by atoms with Crippen LogP contribution in [0.3, 0.4) is 0 Å². The van der Waals surface area contributed by atoms with Gasteiger partial charge in [-0.3, -0.25) is 4.79 Å². The van der Waals surface area contributed by atoms with E-state index in [1.54, 1.807) is 0 Å². The predicted octanol–water partition coefficient (Wildman–Crippen LogP) is 2.32. The van der Waals surface area contributed by atoms with Gasteiger partial charge in [0.2, 0.25) is 0 Å². The third kappa shape index (κ3) is 1.47. The molecule has 1 rings (SSSR count). The van der Waals surface area contributed by atoms with Crippen LogP contribution in [-0.4, -0.2) is 5.78 Å². The number of carbonyl (C=O) groups excluding carboxylic acids is 1. The van der Waals surface area contributed by atoms with Gasteiger partial charge in [0.1, 0.15) is 5.78 Å². The summed E-state index contributed by atoms with van der Waals surface area (Å²) in [5.41, 5.74) is 1.13. The van der Waals surface area contributed by atoms with Crippen molar-refractivity contribution in [3.05, 3.63) is 12.2 Å². The molecule has 1 unspecified atom stereocenters. The third-order valence-corrected chi connectivity index (χ3v) is 2.27. The summed E-state index contributed by atoms with van der Waals surface area (Å²) in [5.74, 6) is 0.505. The van der Waals surface area contributed by atoms with E-state index in [9.17, 15) is 4.79 Å². The van der Waals surface area contributed by atoms with Crippen LogP contribution in [0.1, 0.15) is 32.6 Å². The average Bonchev–Trinajstić information content (AvgIpc) is 2.04. The van der Waals surface area contributed by atoms with E-state index in [1.165, 1.54) is 0 Å². The van der Waals surface area contributed by atoms with E-state index in [-0.39, 0.29) is 5.92 Å². The van der Waals surface area contributed by atoms with E-state index >= 15 is 0 Å². The van der Waals surface area contributed by atoms with Gasteiger partial charge in [0.15, 0.2) is 0 Å². The molecule has 0 aromatic heterocycles. The Labute approximate surface area is 62.1 Å². The molecule has 0 radical (unpaired) electrons. The number of hydrogen-bond donors (Lipinski definition) is 0. The quantitative estimate of drug-likeness (QED) is 0.371. The summed E-state index contributed by atoms with van der Waals surface area (Å²) in [6.07, 6.45) is 4.02. The van der Waals surface area contributed by atoms with Crippen LogP contribution >= 0.6 is 0 Å². The summed E-state index contributed by atoms with van der Waals surface area (Å²) in [6, 6.07) is 0. The largest absolute Gasteiger partial charge is 0.299 e. The fourth-order valence-electron chi connectivity index (χ4n) is 1.31. The molecule has 56 valence electrons. The van der Waals surface area contributed by atoms with Crippen LogP contribution in [0.4, 0.5) is 0 Å². The molecule has 0 N–H and O–H groups in total. The van der Waals surface area contributed by atoms with E-state index in [2.05, 4.69) is 6.58 Å². The highest BCUT2D eigenvalue weighted by Gasteiger charge is 2.18. The molecule has 1 aliphatic carbocycles. The number of allylic oxidation sites excluding steroid dienone is 1. The maximum Gasteiger partial charge on any atom is 0.139 e. The van der Waals surface area contributed by atoms with Crippen LogP contribution in [0, 0.1) is 5.92 Å². The average molecular weight is 138 g/mol. The van der Waals surface area contributed by atoms with Gasteiger partial charge in [0, 0.05) is 12.3 Å². The first kappa shape index (κ1) is 7.52. The molecule has 0 amide bonds. The van der Waals surface area contributed by atoms with E-state index in [0.29, 0.717) is 5.78 Å². The molecular weight excluding hydrogens is 124 g/mol. The Kier molecular flexibility index (Phi) is 2.25. The number of hydrogen-bond acceptors (Lipinski definition) is 1. The van der Waals surface area contributed by atoms with Gasteiger partial charge in [-0.15, -0.1) is 0 Å². The van der Waals surface area contributed by atoms with Crippen molar-refractivity contribution >= 4 is 5.78 Å². The van der Waals surface area contributed by atoms with Gasteiger partial charge in [-0.25, -0.2) is 0 Å². The molecule has 1 heteroatoms. The van der Waals surface area contributed by atoms with Crippen molar-refractivity contribution in [1.82, 2.24) is 0 Å². The summed E-state index contributed by atoms with van der Waals surface area (Å²) in [5, 5.41) is 0. The molecular formula is C9H14O. The van der Waals surface area contributed by atoms with Crippen LogP contribution in [0.2, 0.25) is 0 Å². The summed E-state index contributed by atoms with van der Waals surface area (Å²) >= 11 is 0. The Bertz CT molecular complexity index is 140. The maximum atomic E-state index is 11.2. The van der Waals surface area contributed by atoms with Crippen LogP contribution in [-0.2, 0) is 4.79 Å². The lowest BCUT2D eigenvalue weighted by Crippen LogP contribution is -2.09. The molecule has 0 aromatic carbocycles. The Balaban J connectivity index is 2.64. The summed E-state index contributed by atoms with van der Waals surface area (Å²) in [6.45, 7) is 5.85. The number of carbonyl (C=O) groups is 1. The SMILES string of the molecule is C=C1CCCCC(=O)C1C. The second kappa shape index (κ2) is 3.00. The minimum atomic E-state index is 0.127. The smallest absolute Gasteiger partial charge is 0.139 e. The van der Waals surface area contributed by atoms with Crippen LogP contribution in [0.5, 0.6) is 0 Å². The number of rotatable bonds is 0.